The van der Waals surface area contributed by atoms with Gasteiger partial charge < -0.3 is 15.4 Å². The Balaban J connectivity index is 1.87. The van der Waals surface area contributed by atoms with Crippen LogP contribution in [0.4, 0.5) is 5.69 Å². The largest absolute Gasteiger partial charge is 0.465 e. The first kappa shape index (κ1) is 16.6. The quantitative estimate of drug-likeness (QED) is 0.667. The summed E-state index contributed by atoms with van der Waals surface area (Å²) in [6.07, 6.45) is 0.254. The van der Waals surface area contributed by atoms with Crippen molar-refractivity contribution < 1.29 is 14.3 Å². The zero-order valence-electron chi connectivity index (χ0n) is 12.5. The maximum Gasteiger partial charge on any atom is 0.337 e. The molecule has 0 aliphatic carbocycles. The molecule has 0 atom stereocenters. The third kappa shape index (κ3) is 5.19. The number of hydrogen-bond donors (Lipinski definition) is 2. The van der Waals surface area contributed by atoms with Crippen LogP contribution in [-0.2, 0) is 16.0 Å². The van der Waals surface area contributed by atoms with Crippen LogP contribution in [0.25, 0.3) is 0 Å². The van der Waals surface area contributed by atoms with Gasteiger partial charge in [0, 0.05) is 5.69 Å². The van der Waals surface area contributed by atoms with E-state index < -0.39 is 5.97 Å². The molecule has 0 aliphatic heterocycles. The minimum absolute atomic E-state index is 0.195. The highest BCUT2D eigenvalue weighted by Crippen LogP contribution is 2.10. The van der Waals surface area contributed by atoms with Crippen molar-refractivity contribution in [3.63, 3.8) is 0 Å². The predicted molar refractivity (Wildman–Crippen MR) is 92.3 cm³/mol. The number of methoxy groups -OCH3 is 1. The van der Waals surface area contributed by atoms with Crippen LogP contribution in [0.2, 0.25) is 0 Å². The number of carbonyl (C=O) groups is 2. The fraction of sp³-hybridized carbons (Fsp3) is 0.118. The molecule has 0 aliphatic rings. The Morgan fingerprint density at radius 2 is 1.70 bits per heavy atom. The van der Waals surface area contributed by atoms with Gasteiger partial charge in [-0.1, -0.05) is 30.3 Å². The molecule has 1 amide bonds. The molecule has 6 heteroatoms. The van der Waals surface area contributed by atoms with Gasteiger partial charge in [0.05, 0.1) is 19.1 Å². The summed E-state index contributed by atoms with van der Waals surface area (Å²) in [6.45, 7) is 0. The Morgan fingerprint density at radius 3 is 2.30 bits per heavy atom. The number of rotatable bonds is 4. The van der Waals surface area contributed by atoms with E-state index in [1.807, 2.05) is 30.3 Å². The number of amides is 1. The Bertz CT molecular complexity index is 700. The maximum absolute atomic E-state index is 11.9. The molecule has 0 heterocycles. The lowest BCUT2D eigenvalue weighted by atomic mass is 10.1. The molecule has 2 aromatic rings. The normalized spacial score (nSPS) is 9.78. The summed E-state index contributed by atoms with van der Waals surface area (Å²) in [5, 5.41) is 5.71. The molecule has 2 rings (SSSR count). The van der Waals surface area contributed by atoms with Crippen LogP contribution in [0.5, 0.6) is 0 Å². The van der Waals surface area contributed by atoms with E-state index in [1.165, 1.54) is 7.11 Å². The van der Waals surface area contributed by atoms with Gasteiger partial charge in [0.15, 0.2) is 5.11 Å². The molecule has 0 radical (unpaired) electrons. The summed E-state index contributed by atoms with van der Waals surface area (Å²) in [5.41, 5.74) is 2.02. The number of carbonyl (C=O) groups excluding carboxylic acids is 2. The number of thiocarbonyl (C=S) groups is 1. The molecule has 0 unspecified atom stereocenters. The van der Waals surface area contributed by atoms with E-state index in [4.69, 9.17) is 12.2 Å². The number of esters is 1. The summed E-state index contributed by atoms with van der Waals surface area (Å²) >= 11 is 5.10. The van der Waals surface area contributed by atoms with Gasteiger partial charge in [-0.25, -0.2) is 4.79 Å². The van der Waals surface area contributed by atoms with Gasteiger partial charge in [0.1, 0.15) is 0 Å². The molecule has 118 valence electrons. The predicted octanol–water partition coefficient (Wildman–Crippen LogP) is 2.53. The smallest absolute Gasteiger partial charge is 0.337 e. The SMILES string of the molecule is COC(=O)c1ccc(NC(=S)NC(=O)Cc2ccccc2)cc1. The molecule has 0 spiro atoms. The molecule has 0 bridgehead atoms. The van der Waals surface area contributed by atoms with E-state index in [-0.39, 0.29) is 17.4 Å². The van der Waals surface area contributed by atoms with Crippen molar-refractivity contribution in [2.45, 2.75) is 6.42 Å². The second-order valence-corrected chi connectivity index (χ2v) is 5.14. The second kappa shape index (κ2) is 8.05. The van der Waals surface area contributed by atoms with Crippen molar-refractivity contribution in [3.05, 3.63) is 65.7 Å². The van der Waals surface area contributed by atoms with Crippen LogP contribution in [0.3, 0.4) is 0 Å². The Kier molecular flexibility index (Phi) is 5.82. The van der Waals surface area contributed by atoms with Crippen LogP contribution < -0.4 is 10.6 Å². The van der Waals surface area contributed by atoms with Gasteiger partial charge >= 0.3 is 5.97 Å². The summed E-state index contributed by atoms with van der Waals surface area (Å²) < 4.78 is 4.62. The molecule has 0 saturated carbocycles. The highest BCUT2D eigenvalue weighted by Gasteiger charge is 2.07. The number of anilines is 1. The number of benzene rings is 2. The summed E-state index contributed by atoms with van der Waals surface area (Å²) in [5.74, 6) is -0.602. The van der Waals surface area contributed by atoms with E-state index in [0.717, 1.165) is 5.56 Å². The Labute approximate surface area is 139 Å². The summed E-state index contributed by atoms with van der Waals surface area (Å²) in [7, 11) is 1.33. The Hall–Kier alpha value is -2.73. The molecular formula is C17H16N2O3S. The van der Waals surface area contributed by atoms with E-state index in [1.54, 1.807) is 24.3 Å². The maximum atomic E-state index is 11.9. The first-order chi connectivity index (χ1) is 11.1. The summed E-state index contributed by atoms with van der Waals surface area (Å²) in [4.78, 5) is 23.2. The molecule has 2 aromatic carbocycles. The number of ether oxygens (including phenoxy) is 1. The van der Waals surface area contributed by atoms with E-state index in [0.29, 0.717) is 11.3 Å². The summed E-state index contributed by atoms with van der Waals surface area (Å²) in [6, 6.07) is 16.0. The highest BCUT2D eigenvalue weighted by atomic mass is 32.1. The van der Waals surface area contributed by atoms with Gasteiger partial charge in [-0.2, -0.15) is 0 Å². The minimum atomic E-state index is -0.407. The van der Waals surface area contributed by atoms with Crippen LogP contribution in [0.1, 0.15) is 15.9 Å². The molecule has 0 saturated heterocycles. The fourth-order valence-corrected chi connectivity index (χ4v) is 2.15. The van der Waals surface area contributed by atoms with Gasteiger partial charge in [0.25, 0.3) is 0 Å². The van der Waals surface area contributed by atoms with Crippen molar-refractivity contribution in [2.24, 2.45) is 0 Å². The molecule has 23 heavy (non-hydrogen) atoms. The van der Waals surface area contributed by atoms with E-state index in [9.17, 15) is 9.59 Å². The Morgan fingerprint density at radius 1 is 1.04 bits per heavy atom. The molecular weight excluding hydrogens is 312 g/mol. The first-order valence-electron chi connectivity index (χ1n) is 6.91. The monoisotopic (exact) mass is 328 g/mol. The van der Waals surface area contributed by atoms with Gasteiger partial charge in [0.2, 0.25) is 5.91 Å². The van der Waals surface area contributed by atoms with Gasteiger partial charge in [-0.05, 0) is 42.0 Å². The van der Waals surface area contributed by atoms with Crippen molar-refractivity contribution in [1.82, 2.24) is 5.32 Å². The zero-order chi connectivity index (χ0) is 16.7. The van der Waals surface area contributed by atoms with Crippen molar-refractivity contribution in [1.29, 1.82) is 0 Å². The first-order valence-corrected chi connectivity index (χ1v) is 7.32. The van der Waals surface area contributed by atoms with E-state index >= 15 is 0 Å². The third-order valence-electron chi connectivity index (χ3n) is 3.02. The molecule has 2 N–H and O–H groups in total. The standard InChI is InChI=1S/C17H16N2O3S/c1-22-16(21)13-7-9-14(10-8-13)18-17(23)19-15(20)11-12-5-3-2-4-6-12/h2-10H,11H2,1H3,(H2,18,19,20,23). The van der Waals surface area contributed by atoms with Crippen LogP contribution in [-0.4, -0.2) is 24.1 Å². The average Bonchev–Trinajstić information content (AvgIpc) is 2.55. The van der Waals surface area contributed by atoms with Crippen LogP contribution in [0, 0.1) is 0 Å². The lowest BCUT2D eigenvalue weighted by Gasteiger charge is -2.10. The third-order valence-corrected chi connectivity index (χ3v) is 3.23. The van der Waals surface area contributed by atoms with Crippen molar-refractivity contribution in [3.8, 4) is 0 Å². The van der Waals surface area contributed by atoms with Crippen LogP contribution in [0.15, 0.2) is 54.6 Å². The lowest BCUT2D eigenvalue weighted by molar-refractivity contribution is -0.119. The highest BCUT2D eigenvalue weighted by molar-refractivity contribution is 7.80. The second-order valence-electron chi connectivity index (χ2n) is 4.73. The minimum Gasteiger partial charge on any atom is -0.465 e. The van der Waals surface area contributed by atoms with Crippen molar-refractivity contribution >= 4 is 34.9 Å². The number of nitrogens with one attached hydrogen (secondary N) is 2. The van der Waals surface area contributed by atoms with Crippen molar-refractivity contribution in [2.75, 3.05) is 12.4 Å². The fourth-order valence-electron chi connectivity index (χ4n) is 1.92. The molecule has 0 aromatic heterocycles. The number of hydrogen-bond acceptors (Lipinski definition) is 4. The average molecular weight is 328 g/mol. The lowest BCUT2D eigenvalue weighted by Crippen LogP contribution is -2.35. The van der Waals surface area contributed by atoms with Gasteiger partial charge in [-0.15, -0.1) is 0 Å². The molecule has 5 nitrogen and oxygen atoms in total. The zero-order valence-corrected chi connectivity index (χ0v) is 13.4. The van der Waals surface area contributed by atoms with Gasteiger partial charge in [-0.3, -0.25) is 4.79 Å². The van der Waals surface area contributed by atoms with E-state index in [2.05, 4.69) is 15.4 Å². The van der Waals surface area contributed by atoms with Crippen LogP contribution >= 0.6 is 12.2 Å². The topological polar surface area (TPSA) is 67.4 Å². The molecule has 0 fully saturated rings.